The van der Waals surface area contributed by atoms with Gasteiger partial charge in [-0.3, -0.25) is 0 Å². The normalized spacial score (nSPS) is 11.7. The van der Waals surface area contributed by atoms with Crippen LogP contribution in [0.5, 0.6) is 5.75 Å². The van der Waals surface area contributed by atoms with Gasteiger partial charge in [0.05, 0.1) is 13.2 Å². The molecule has 23 heavy (non-hydrogen) atoms. The molecule has 5 heteroatoms. The van der Waals surface area contributed by atoms with Crippen LogP contribution in [0.3, 0.4) is 0 Å². The molecular formula is C18H21BrN2OS. The minimum atomic E-state index is 0.164. The molecule has 0 aliphatic heterocycles. The van der Waals surface area contributed by atoms with Gasteiger partial charge in [-0.15, -0.1) is 0 Å². The lowest BCUT2D eigenvalue weighted by atomic mass is 10.0. The molecule has 0 aliphatic carbocycles. The molecule has 122 valence electrons. The Labute approximate surface area is 151 Å². The van der Waals surface area contributed by atoms with Gasteiger partial charge in [0.2, 0.25) is 0 Å². The second-order valence-corrected chi connectivity index (χ2v) is 6.56. The number of anilines is 1. The summed E-state index contributed by atoms with van der Waals surface area (Å²) in [7, 11) is 1.67. The summed E-state index contributed by atoms with van der Waals surface area (Å²) < 4.78 is 6.29. The number of thiocarbonyl (C=S) groups is 1. The maximum Gasteiger partial charge on any atom is 0.171 e. The number of hydrogen-bond acceptors (Lipinski definition) is 2. The van der Waals surface area contributed by atoms with Crippen LogP contribution in [0, 0.1) is 6.92 Å². The number of rotatable bonds is 5. The number of nitrogens with one attached hydrogen (secondary N) is 2. The zero-order valence-corrected chi connectivity index (χ0v) is 15.9. The van der Waals surface area contributed by atoms with Gasteiger partial charge in [-0.1, -0.05) is 35.0 Å². The van der Waals surface area contributed by atoms with Crippen molar-refractivity contribution in [1.82, 2.24) is 5.32 Å². The Morgan fingerprint density at radius 1 is 1.22 bits per heavy atom. The molecule has 0 saturated heterocycles. The topological polar surface area (TPSA) is 33.3 Å². The largest absolute Gasteiger partial charge is 0.497 e. The Morgan fingerprint density at radius 2 is 1.91 bits per heavy atom. The molecule has 2 N–H and O–H groups in total. The lowest BCUT2D eigenvalue weighted by molar-refractivity contribution is 0.414. The van der Waals surface area contributed by atoms with Gasteiger partial charge in [0.15, 0.2) is 5.11 Å². The van der Waals surface area contributed by atoms with Crippen LogP contribution in [0.2, 0.25) is 0 Å². The predicted molar refractivity (Wildman–Crippen MR) is 104 cm³/mol. The van der Waals surface area contributed by atoms with E-state index in [9.17, 15) is 0 Å². The highest BCUT2D eigenvalue weighted by Gasteiger charge is 2.11. The Kier molecular flexibility index (Phi) is 6.42. The van der Waals surface area contributed by atoms with Crippen molar-refractivity contribution in [1.29, 1.82) is 0 Å². The smallest absolute Gasteiger partial charge is 0.171 e. The summed E-state index contributed by atoms with van der Waals surface area (Å²) in [5, 5.41) is 7.23. The van der Waals surface area contributed by atoms with Gasteiger partial charge < -0.3 is 15.4 Å². The fraction of sp³-hybridized carbons (Fsp3) is 0.278. The number of aryl methyl sites for hydroxylation is 1. The number of methoxy groups -OCH3 is 1. The molecule has 0 aliphatic rings. The first kappa shape index (κ1) is 17.8. The lowest BCUT2D eigenvalue weighted by Crippen LogP contribution is -2.32. The lowest BCUT2D eigenvalue weighted by Gasteiger charge is -2.20. The van der Waals surface area contributed by atoms with Gasteiger partial charge in [0.25, 0.3) is 0 Å². The standard InChI is InChI=1S/C18H21BrN2OS/c1-4-17(13-5-8-15(22-3)9-6-13)21-18(23)20-14-7-10-16(19)12(2)11-14/h5-11,17H,4H2,1-3H3,(H2,20,21,23)/t17-/m0/s1. The molecule has 2 aromatic carbocycles. The van der Waals surface area contributed by atoms with Crippen molar-refractivity contribution in [3.8, 4) is 5.75 Å². The highest BCUT2D eigenvalue weighted by Crippen LogP contribution is 2.22. The first-order valence-electron chi connectivity index (χ1n) is 7.51. The molecule has 0 amide bonds. The Hall–Kier alpha value is -1.59. The Balaban J connectivity index is 2.02. The molecule has 1 atom stereocenters. The van der Waals surface area contributed by atoms with Gasteiger partial charge in [-0.2, -0.15) is 0 Å². The monoisotopic (exact) mass is 392 g/mol. The van der Waals surface area contributed by atoms with Gasteiger partial charge >= 0.3 is 0 Å². The van der Waals surface area contributed by atoms with E-state index < -0.39 is 0 Å². The van der Waals surface area contributed by atoms with Gasteiger partial charge in [0.1, 0.15) is 5.75 Å². The first-order valence-corrected chi connectivity index (χ1v) is 8.71. The molecule has 0 spiro atoms. The van der Waals surface area contributed by atoms with Crippen molar-refractivity contribution < 1.29 is 4.74 Å². The molecule has 3 nitrogen and oxygen atoms in total. The highest BCUT2D eigenvalue weighted by molar-refractivity contribution is 9.10. The van der Waals surface area contributed by atoms with E-state index in [-0.39, 0.29) is 6.04 Å². The van der Waals surface area contributed by atoms with E-state index in [0.717, 1.165) is 22.3 Å². The number of benzene rings is 2. The van der Waals surface area contributed by atoms with Gasteiger partial charge in [-0.05, 0) is 67.0 Å². The van der Waals surface area contributed by atoms with Crippen molar-refractivity contribution in [3.05, 3.63) is 58.1 Å². The second-order valence-electron chi connectivity index (χ2n) is 5.30. The van der Waals surface area contributed by atoms with E-state index >= 15 is 0 Å². The molecule has 0 saturated carbocycles. The Bertz CT molecular complexity index is 673. The quantitative estimate of drug-likeness (QED) is 0.684. The number of halogens is 1. The molecular weight excluding hydrogens is 372 g/mol. The van der Waals surface area contributed by atoms with Crippen LogP contribution in [0.15, 0.2) is 46.9 Å². The second kappa shape index (κ2) is 8.31. The average molecular weight is 393 g/mol. The molecule has 0 bridgehead atoms. The zero-order chi connectivity index (χ0) is 16.8. The van der Waals surface area contributed by atoms with Gasteiger partial charge in [0, 0.05) is 10.2 Å². The molecule has 0 aromatic heterocycles. The third-order valence-corrected chi connectivity index (χ3v) is 4.76. The summed E-state index contributed by atoms with van der Waals surface area (Å²) in [5.74, 6) is 0.856. The summed E-state index contributed by atoms with van der Waals surface area (Å²) in [6.45, 7) is 4.19. The van der Waals surface area contributed by atoms with Crippen LogP contribution in [0.4, 0.5) is 5.69 Å². The van der Waals surface area contributed by atoms with E-state index in [0.29, 0.717) is 5.11 Å². The Morgan fingerprint density at radius 3 is 2.48 bits per heavy atom. The number of ether oxygens (including phenoxy) is 1. The molecule has 2 aromatic rings. The van der Waals surface area contributed by atoms with Crippen molar-refractivity contribution >= 4 is 38.9 Å². The van der Waals surface area contributed by atoms with Crippen LogP contribution >= 0.6 is 28.1 Å². The van der Waals surface area contributed by atoms with Crippen molar-refractivity contribution in [3.63, 3.8) is 0 Å². The molecule has 0 heterocycles. The van der Waals surface area contributed by atoms with Gasteiger partial charge in [-0.25, -0.2) is 0 Å². The van der Waals surface area contributed by atoms with E-state index in [1.807, 2.05) is 24.3 Å². The highest BCUT2D eigenvalue weighted by atomic mass is 79.9. The third-order valence-electron chi connectivity index (χ3n) is 3.65. The maximum atomic E-state index is 5.44. The maximum absolute atomic E-state index is 5.44. The molecule has 0 fully saturated rings. The fourth-order valence-electron chi connectivity index (χ4n) is 2.31. The minimum absolute atomic E-state index is 0.164. The van der Waals surface area contributed by atoms with Crippen LogP contribution < -0.4 is 15.4 Å². The molecule has 2 rings (SSSR count). The molecule has 0 unspecified atom stereocenters. The summed E-state index contributed by atoms with van der Waals surface area (Å²) >= 11 is 8.95. The minimum Gasteiger partial charge on any atom is -0.497 e. The van der Waals surface area contributed by atoms with Crippen LogP contribution in [0.1, 0.15) is 30.5 Å². The van der Waals surface area contributed by atoms with Crippen molar-refractivity contribution in [2.24, 2.45) is 0 Å². The summed E-state index contributed by atoms with van der Waals surface area (Å²) in [5.41, 5.74) is 3.33. The summed E-state index contributed by atoms with van der Waals surface area (Å²) in [6.07, 6.45) is 0.938. The van der Waals surface area contributed by atoms with Crippen molar-refractivity contribution in [2.75, 3.05) is 12.4 Å². The van der Waals surface area contributed by atoms with E-state index in [1.54, 1.807) is 7.11 Å². The van der Waals surface area contributed by atoms with E-state index in [1.165, 1.54) is 11.1 Å². The SMILES string of the molecule is CC[C@H](NC(=S)Nc1ccc(Br)c(C)c1)c1ccc(OC)cc1. The fourth-order valence-corrected chi connectivity index (χ4v) is 2.81. The van der Waals surface area contributed by atoms with Crippen LogP contribution in [0.25, 0.3) is 0 Å². The zero-order valence-electron chi connectivity index (χ0n) is 13.5. The predicted octanol–water partition coefficient (Wildman–Crippen LogP) is 5.20. The van der Waals surface area contributed by atoms with Crippen molar-refractivity contribution in [2.45, 2.75) is 26.3 Å². The van der Waals surface area contributed by atoms with E-state index in [2.05, 4.69) is 58.6 Å². The number of hydrogen-bond donors (Lipinski definition) is 2. The molecule has 0 radical (unpaired) electrons. The summed E-state index contributed by atoms with van der Waals surface area (Å²) in [4.78, 5) is 0. The summed E-state index contributed by atoms with van der Waals surface area (Å²) in [6, 6.07) is 14.3. The third kappa shape index (κ3) is 4.94. The average Bonchev–Trinajstić information content (AvgIpc) is 2.56. The van der Waals surface area contributed by atoms with Crippen LogP contribution in [-0.4, -0.2) is 12.2 Å². The first-order chi connectivity index (χ1) is 11.0. The van der Waals surface area contributed by atoms with E-state index in [4.69, 9.17) is 17.0 Å². The van der Waals surface area contributed by atoms with Crippen LogP contribution in [-0.2, 0) is 0 Å².